The second kappa shape index (κ2) is 4.62. The third kappa shape index (κ3) is 3.52. The first kappa shape index (κ1) is 9.84. The molecule has 0 spiro atoms. The number of hydrogen-bond donors (Lipinski definition) is 0. The molecular formula is C4H6Cl3OP. The summed E-state index contributed by atoms with van der Waals surface area (Å²) in [6, 6.07) is 0. The fourth-order valence-electron chi connectivity index (χ4n) is 0.214. The summed E-state index contributed by atoms with van der Waals surface area (Å²) in [6.07, 6.45) is 0. The lowest BCUT2D eigenvalue weighted by molar-refractivity contribution is 0.320. The maximum atomic E-state index is 5.52. The minimum Gasteiger partial charge on any atom is -0.486 e. The highest BCUT2D eigenvalue weighted by molar-refractivity contribution is 8.06. The van der Waals surface area contributed by atoms with E-state index in [1.54, 1.807) is 6.92 Å². The highest BCUT2D eigenvalue weighted by atomic mass is 35.9. The Morgan fingerprint density at radius 3 is 2.00 bits per heavy atom. The largest absolute Gasteiger partial charge is 0.486 e. The van der Waals surface area contributed by atoms with Crippen LogP contribution in [-0.2, 0) is 4.74 Å². The molecule has 0 saturated heterocycles. The van der Waals surface area contributed by atoms with Gasteiger partial charge in [0.2, 0.25) is 0 Å². The Labute approximate surface area is 70.3 Å². The molecule has 0 bridgehead atoms. The molecule has 0 amide bonds. The van der Waals surface area contributed by atoms with Gasteiger partial charge < -0.3 is 4.74 Å². The first-order valence-corrected chi connectivity index (χ1v) is 5.64. The van der Waals surface area contributed by atoms with Gasteiger partial charge in [0.05, 0.1) is 7.11 Å². The maximum absolute atomic E-state index is 5.52. The number of hydrogen-bond acceptors (Lipinski definition) is 1. The predicted octanol–water partition coefficient (Wildman–Crippen LogP) is 3.85. The Kier molecular flexibility index (Phi) is 5.06. The quantitative estimate of drug-likeness (QED) is 0.494. The van der Waals surface area contributed by atoms with E-state index in [4.69, 9.17) is 34.1 Å². The Morgan fingerprint density at radius 2 is 1.89 bits per heavy atom. The standard InChI is InChI=1S/C4H6Cl3OP/c1-3(9(6)7)4(5)8-2/h1-2H3/b4-3+. The van der Waals surface area contributed by atoms with Crippen LogP contribution in [0, 0.1) is 0 Å². The van der Waals surface area contributed by atoms with Crippen LogP contribution < -0.4 is 0 Å². The van der Waals surface area contributed by atoms with Crippen molar-refractivity contribution in [2.75, 3.05) is 7.11 Å². The van der Waals surface area contributed by atoms with Gasteiger partial charge in [0.25, 0.3) is 0 Å². The average Bonchev–Trinajstić information content (AvgIpc) is 1.84. The summed E-state index contributed by atoms with van der Waals surface area (Å²) in [4.78, 5) is 0. The number of ether oxygens (including phenoxy) is 1. The molecular weight excluding hydrogens is 201 g/mol. The maximum Gasteiger partial charge on any atom is 0.192 e. The van der Waals surface area contributed by atoms with Crippen molar-refractivity contribution in [2.45, 2.75) is 6.92 Å². The van der Waals surface area contributed by atoms with Crippen LogP contribution in [0.25, 0.3) is 0 Å². The molecule has 0 radical (unpaired) electrons. The van der Waals surface area contributed by atoms with Crippen molar-refractivity contribution in [1.29, 1.82) is 0 Å². The van der Waals surface area contributed by atoms with Crippen LogP contribution in [0.3, 0.4) is 0 Å². The number of rotatable bonds is 2. The van der Waals surface area contributed by atoms with E-state index in [9.17, 15) is 0 Å². The lowest BCUT2D eigenvalue weighted by atomic mass is 10.7. The number of methoxy groups -OCH3 is 1. The Morgan fingerprint density at radius 1 is 1.44 bits per heavy atom. The van der Waals surface area contributed by atoms with Crippen molar-refractivity contribution in [1.82, 2.24) is 0 Å². The van der Waals surface area contributed by atoms with E-state index >= 15 is 0 Å². The zero-order valence-corrected chi connectivity index (χ0v) is 8.15. The SMILES string of the molecule is CO/C(Cl)=C(\C)P(Cl)Cl. The van der Waals surface area contributed by atoms with E-state index in [0.29, 0.717) is 5.31 Å². The second-order valence-corrected chi connectivity index (χ2v) is 5.32. The molecule has 0 aliphatic carbocycles. The van der Waals surface area contributed by atoms with Crippen LogP contribution in [-0.4, -0.2) is 7.11 Å². The molecule has 0 heterocycles. The van der Waals surface area contributed by atoms with Crippen LogP contribution in [0.5, 0.6) is 0 Å². The predicted molar refractivity (Wildman–Crippen MR) is 44.2 cm³/mol. The monoisotopic (exact) mass is 206 g/mol. The van der Waals surface area contributed by atoms with E-state index in [1.165, 1.54) is 7.11 Å². The van der Waals surface area contributed by atoms with Crippen LogP contribution in [0.4, 0.5) is 0 Å². The van der Waals surface area contributed by atoms with Crippen LogP contribution in [0.2, 0.25) is 0 Å². The molecule has 0 aromatic rings. The van der Waals surface area contributed by atoms with Crippen LogP contribution in [0.15, 0.2) is 10.5 Å². The Balaban J connectivity index is 4.10. The first-order chi connectivity index (χ1) is 4.09. The second-order valence-electron chi connectivity index (χ2n) is 1.30. The summed E-state index contributed by atoms with van der Waals surface area (Å²) in [5.41, 5.74) is 0. The highest BCUT2D eigenvalue weighted by Crippen LogP contribution is 2.55. The fraction of sp³-hybridized carbons (Fsp3) is 0.500. The van der Waals surface area contributed by atoms with Gasteiger partial charge in [0.15, 0.2) is 5.22 Å². The molecule has 1 nitrogen and oxygen atoms in total. The topological polar surface area (TPSA) is 9.23 Å². The first-order valence-electron chi connectivity index (χ1n) is 2.11. The van der Waals surface area contributed by atoms with Gasteiger partial charge in [-0.3, -0.25) is 0 Å². The van der Waals surface area contributed by atoms with Gasteiger partial charge in [-0.15, -0.1) is 0 Å². The molecule has 54 valence electrons. The van der Waals surface area contributed by atoms with E-state index in [1.807, 2.05) is 0 Å². The van der Waals surface area contributed by atoms with Gasteiger partial charge >= 0.3 is 0 Å². The number of allylic oxidation sites excluding steroid dienone is 1. The normalized spacial score (nSPS) is 13.6. The van der Waals surface area contributed by atoms with E-state index < -0.39 is 6.63 Å². The van der Waals surface area contributed by atoms with Crippen molar-refractivity contribution >= 4 is 40.7 Å². The average molecular weight is 207 g/mol. The van der Waals surface area contributed by atoms with Gasteiger partial charge in [0.1, 0.15) is 6.63 Å². The number of halogens is 3. The molecule has 0 aliphatic heterocycles. The zero-order chi connectivity index (χ0) is 7.44. The van der Waals surface area contributed by atoms with Crippen molar-refractivity contribution in [3.8, 4) is 0 Å². The van der Waals surface area contributed by atoms with Crippen LogP contribution >= 0.6 is 40.7 Å². The Bertz CT molecular complexity index is 123. The van der Waals surface area contributed by atoms with Crippen molar-refractivity contribution in [2.24, 2.45) is 0 Å². The molecule has 0 atom stereocenters. The molecule has 0 fully saturated rings. The van der Waals surface area contributed by atoms with E-state index in [0.717, 1.165) is 0 Å². The van der Waals surface area contributed by atoms with Crippen molar-refractivity contribution in [3.05, 3.63) is 10.5 Å². The molecule has 9 heavy (non-hydrogen) atoms. The van der Waals surface area contributed by atoms with E-state index in [-0.39, 0.29) is 5.22 Å². The summed E-state index contributed by atoms with van der Waals surface area (Å²) in [7, 11) is 1.47. The van der Waals surface area contributed by atoms with Gasteiger partial charge in [-0.25, -0.2) is 0 Å². The van der Waals surface area contributed by atoms with Gasteiger partial charge in [0, 0.05) is 5.31 Å². The van der Waals surface area contributed by atoms with Gasteiger partial charge in [-0.1, -0.05) is 22.5 Å². The lowest BCUT2D eigenvalue weighted by Crippen LogP contribution is -1.77. The zero-order valence-electron chi connectivity index (χ0n) is 4.99. The minimum atomic E-state index is -1.14. The molecule has 0 unspecified atom stereocenters. The molecule has 0 aromatic carbocycles. The smallest absolute Gasteiger partial charge is 0.192 e. The summed E-state index contributed by atoms with van der Waals surface area (Å²) < 4.78 is 4.67. The lowest BCUT2D eigenvalue weighted by Gasteiger charge is -2.02. The molecule has 0 rings (SSSR count). The summed E-state index contributed by atoms with van der Waals surface area (Å²) >= 11 is 16.5. The third-order valence-corrected chi connectivity index (χ3v) is 3.52. The van der Waals surface area contributed by atoms with E-state index in [2.05, 4.69) is 4.74 Å². The molecule has 5 heteroatoms. The van der Waals surface area contributed by atoms with Gasteiger partial charge in [-0.2, -0.15) is 0 Å². The van der Waals surface area contributed by atoms with Crippen LogP contribution in [0.1, 0.15) is 6.92 Å². The summed E-state index contributed by atoms with van der Waals surface area (Å²) in [6.45, 7) is 0.594. The van der Waals surface area contributed by atoms with Gasteiger partial charge in [-0.05, 0) is 18.5 Å². The summed E-state index contributed by atoms with van der Waals surface area (Å²) in [5.74, 6) is 0. The third-order valence-electron chi connectivity index (χ3n) is 0.717. The molecule has 0 saturated carbocycles. The molecule has 0 aromatic heterocycles. The molecule has 0 aliphatic rings. The van der Waals surface area contributed by atoms with Crippen molar-refractivity contribution < 1.29 is 4.74 Å². The fourth-order valence-corrected chi connectivity index (χ4v) is 1.41. The van der Waals surface area contributed by atoms with Crippen molar-refractivity contribution in [3.63, 3.8) is 0 Å². The molecule has 0 N–H and O–H groups in total. The summed E-state index contributed by atoms with van der Waals surface area (Å²) in [5, 5.41) is 0.976. The Hall–Kier alpha value is 0.840. The minimum absolute atomic E-state index is 0.283. The highest BCUT2D eigenvalue weighted by Gasteiger charge is 2.06.